The second-order valence-electron chi connectivity index (χ2n) is 5.52. The number of halogens is 3. The Balaban J connectivity index is 1.58. The van der Waals surface area contributed by atoms with Crippen LogP contribution in [0, 0.1) is 0 Å². The third-order valence-electron chi connectivity index (χ3n) is 3.84. The summed E-state index contributed by atoms with van der Waals surface area (Å²) in [7, 11) is 0. The molecular formula is C17H15BrCl2N2O. The molecule has 0 saturated heterocycles. The number of amides is 1. The molecule has 1 aliphatic rings. The summed E-state index contributed by atoms with van der Waals surface area (Å²) in [5.41, 5.74) is 3.20. The van der Waals surface area contributed by atoms with E-state index in [2.05, 4.69) is 38.7 Å². The predicted octanol–water partition coefficient (Wildman–Crippen LogP) is 4.97. The van der Waals surface area contributed by atoms with E-state index in [0.29, 0.717) is 15.7 Å². The molecular weight excluding hydrogens is 399 g/mol. The zero-order valence-electron chi connectivity index (χ0n) is 12.2. The average molecular weight is 414 g/mol. The Morgan fingerprint density at radius 3 is 2.65 bits per heavy atom. The Labute approximate surface area is 153 Å². The van der Waals surface area contributed by atoms with Gasteiger partial charge in [0.05, 0.1) is 6.54 Å². The van der Waals surface area contributed by atoms with Crippen molar-refractivity contribution in [3.8, 4) is 0 Å². The molecule has 0 heterocycles. The standard InChI is InChI=1S/C17H15BrCl2N2O/c18-11-2-3-15-10(5-11)1-4-16(15)21-9-17(23)22-14-7-12(19)6-13(20)8-14/h2-3,5-8,16,21H,1,4,9H2,(H,22,23). The molecule has 0 saturated carbocycles. The smallest absolute Gasteiger partial charge is 0.238 e. The minimum atomic E-state index is -0.117. The summed E-state index contributed by atoms with van der Waals surface area (Å²) >= 11 is 15.3. The van der Waals surface area contributed by atoms with Crippen molar-refractivity contribution in [1.82, 2.24) is 5.32 Å². The van der Waals surface area contributed by atoms with E-state index in [1.165, 1.54) is 11.1 Å². The summed E-state index contributed by atoms with van der Waals surface area (Å²) < 4.78 is 1.09. The highest BCUT2D eigenvalue weighted by atomic mass is 79.9. The minimum absolute atomic E-state index is 0.117. The van der Waals surface area contributed by atoms with Crippen LogP contribution in [-0.4, -0.2) is 12.5 Å². The molecule has 120 valence electrons. The molecule has 0 spiro atoms. The fraction of sp³-hybridized carbons (Fsp3) is 0.235. The monoisotopic (exact) mass is 412 g/mol. The van der Waals surface area contributed by atoms with Gasteiger partial charge in [0.15, 0.2) is 0 Å². The van der Waals surface area contributed by atoms with Gasteiger partial charge in [-0.1, -0.05) is 45.2 Å². The molecule has 0 bridgehead atoms. The van der Waals surface area contributed by atoms with E-state index in [4.69, 9.17) is 23.2 Å². The third kappa shape index (κ3) is 4.27. The van der Waals surface area contributed by atoms with Crippen LogP contribution < -0.4 is 10.6 Å². The first-order chi connectivity index (χ1) is 11.0. The molecule has 6 heteroatoms. The van der Waals surface area contributed by atoms with Crippen LogP contribution in [0.1, 0.15) is 23.6 Å². The number of rotatable bonds is 4. The van der Waals surface area contributed by atoms with Crippen molar-refractivity contribution in [2.75, 3.05) is 11.9 Å². The molecule has 3 nitrogen and oxygen atoms in total. The van der Waals surface area contributed by atoms with Gasteiger partial charge in [0.2, 0.25) is 5.91 Å². The molecule has 0 aromatic heterocycles. The first kappa shape index (κ1) is 16.8. The maximum Gasteiger partial charge on any atom is 0.238 e. The molecule has 0 aliphatic heterocycles. The zero-order chi connectivity index (χ0) is 16.4. The highest BCUT2D eigenvalue weighted by Gasteiger charge is 2.22. The van der Waals surface area contributed by atoms with Crippen LogP contribution in [0.4, 0.5) is 5.69 Å². The Morgan fingerprint density at radius 2 is 1.91 bits per heavy atom. The van der Waals surface area contributed by atoms with Crippen LogP contribution in [0.2, 0.25) is 10.0 Å². The van der Waals surface area contributed by atoms with Gasteiger partial charge in [-0.3, -0.25) is 4.79 Å². The maximum atomic E-state index is 12.1. The SMILES string of the molecule is O=C(CNC1CCc2cc(Br)ccc21)Nc1cc(Cl)cc(Cl)c1. The van der Waals surface area contributed by atoms with Crippen molar-refractivity contribution in [3.05, 3.63) is 62.0 Å². The molecule has 0 fully saturated rings. The molecule has 1 unspecified atom stereocenters. The molecule has 23 heavy (non-hydrogen) atoms. The van der Waals surface area contributed by atoms with Crippen LogP contribution in [0.25, 0.3) is 0 Å². The highest BCUT2D eigenvalue weighted by molar-refractivity contribution is 9.10. The molecule has 1 aliphatic carbocycles. The third-order valence-corrected chi connectivity index (χ3v) is 4.77. The second kappa shape index (κ2) is 7.22. The molecule has 0 radical (unpaired) electrons. The Morgan fingerprint density at radius 1 is 1.17 bits per heavy atom. The summed E-state index contributed by atoms with van der Waals surface area (Å²) in [6, 6.07) is 11.5. The summed E-state index contributed by atoms with van der Waals surface area (Å²) in [4.78, 5) is 12.1. The average Bonchev–Trinajstić information content (AvgIpc) is 2.86. The van der Waals surface area contributed by atoms with E-state index < -0.39 is 0 Å². The molecule has 2 aromatic rings. The Kier molecular flexibility index (Phi) is 5.27. The number of nitrogens with one attached hydrogen (secondary N) is 2. The summed E-state index contributed by atoms with van der Waals surface area (Å²) in [5.74, 6) is -0.117. The summed E-state index contributed by atoms with van der Waals surface area (Å²) in [6.07, 6.45) is 2.03. The highest BCUT2D eigenvalue weighted by Crippen LogP contribution is 2.32. The molecule has 2 aromatic carbocycles. The van der Waals surface area contributed by atoms with Crippen molar-refractivity contribution >= 4 is 50.7 Å². The molecule has 3 rings (SSSR count). The van der Waals surface area contributed by atoms with E-state index in [9.17, 15) is 4.79 Å². The van der Waals surface area contributed by atoms with Crippen LogP contribution in [-0.2, 0) is 11.2 Å². The Bertz CT molecular complexity index is 731. The lowest BCUT2D eigenvalue weighted by Crippen LogP contribution is -2.30. The van der Waals surface area contributed by atoms with Crippen LogP contribution in [0.15, 0.2) is 40.9 Å². The normalized spacial score (nSPS) is 16.2. The Hall–Kier alpha value is -1.07. The number of fused-ring (bicyclic) bond motifs is 1. The van der Waals surface area contributed by atoms with Gasteiger partial charge in [0, 0.05) is 26.2 Å². The lowest BCUT2D eigenvalue weighted by molar-refractivity contribution is -0.115. The van der Waals surface area contributed by atoms with Gasteiger partial charge in [-0.25, -0.2) is 0 Å². The fourth-order valence-electron chi connectivity index (χ4n) is 2.85. The quantitative estimate of drug-likeness (QED) is 0.742. The number of carbonyl (C=O) groups is 1. The van der Waals surface area contributed by atoms with E-state index in [0.717, 1.165) is 17.3 Å². The van der Waals surface area contributed by atoms with Crippen LogP contribution in [0.5, 0.6) is 0 Å². The fourth-order valence-corrected chi connectivity index (χ4v) is 3.78. The minimum Gasteiger partial charge on any atom is -0.325 e. The number of carbonyl (C=O) groups excluding carboxylic acids is 1. The van der Waals surface area contributed by atoms with Gasteiger partial charge in [-0.05, 0) is 54.3 Å². The van der Waals surface area contributed by atoms with E-state index in [1.807, 2.05) is 6.07 Å². The van der Waals surface area contributed by atoms with E-state index in [1.54, 1.807) is 18.2 Å². The van der Waals surface area contributed by atoms with Gasteiger partial charge in [0.1, 0.15) is 0 Å². The van der Waals surface area contributed by atoms with Crippen molar-refractivity contribution in [2.45, 2.75) is 18.9 Å². The topological polar surface area (TPSA) is 41.1 Å². The number of hydrogen-bond acceptors (Lipinski definition) is 2. The van der Waals surface area contributed by atoms with Crippen LogP contribution >= 0.6 is 39.1 Å². The summed E-state index contributed by atoms with van der Waals surface area (Å²) in [5, 5.41) is 7.11. The van der Waals surface area contributed by atoms with Gasteiger partial charge in [0.25, 0.3) is 0 Å². The second-order valence-corrected chi connectivity index (χ2v) is 7.31. The zero-order valence-corrected chi connectivity index (χ0v) is 15.3. The van der Waals surface area contributed by atoms with Gasteiger partial charge in [-0.15, -0.1) is 0 Å². The van der Waals surface area contributed by atoms with Gasteiger partial charge < -0.3 is 10.6 Å². The van der Waals surface area contributed by atoms with E-state index >= 15 is 0 Å². The lowest BCUT2D eigenvalue weighted by Gasteiger charge is -2.14. The van der Waals surface area contributed by atoms with Crippen molar-refractivity contribution < 1.29 is 4.79 Å². The molecule has 1 amide bonds. The first-order valence-electron chi connectivity index (χ1n) is 7.29. The van der Waals surface area contributed by atoms with Crippen molar-refractivity contribution in [2.24, 2.45) is 0 Å². The maximum absolute atomic E-state index is 12.1. The summed E-state index contributed by atoms with van der Waals surface area (Å²) in [6.45, 7) is 0.240. The molecule has 2 N–H and O–H groups in total. The predicted molar refractivity (Wildman–Crippen MR) is 98.3 cm³/mol. The van der Waals surface area contributed by atoms with E-state index in [-0.39, 0.29) is 18.5 Å². The lowest BCUT2D eigenvalue weighted by atomic mass is 10.1. The first-order valence-corrected chi connectivity index (χ1v) is 8.84. The van der Waals surface area contributed by atoms with Gasteiger partial charge in [-0.2, -0.15) is 0 Å². The number of aryl methyl sites for hydroxylation is 1. The van der Waals surface area contributed by atoms with Crippen molar-refractivity contribution in [1.29, 1.82) is 0 Å². The number of anilines is 1. The largest absolute Gasteiger partial charge is 0.325 e. The number of benzene rings is 2. The molecule has 1 atom stereocenters. The van der Waals surface area contributed by atoms with Crippen LogP contribution in [0.3, 0.4) is 0 Å². The number of hydrogen-bond donors (Lipinski definition) is 2. The van der Waals surface area contributed by atoms with Crippen molar-refractivity contribution in [3.63, 3.8) is 0 Å². The van der Waals surface area contributed by atoms with Gasteiger partial charge >= 0.3 is 0 Å².